The van der Waals surface area contributed by atoms with Crippen LogP contribution in [0.15, 0.2) is 24.3 Å². The number of aliphatic carboxylic acids is 1. The number of amides is 2. The molecule has 94 valence electrons. The van der Waals surface area contributed by atoms with E-state index in [2.05, 4.69) is 15.6 Å². The number of hydrogen-bond donors (Lipinski definition) is 3. The van der Waals surface area contributed by atoms with Gasteiger partial charge in [-0.2, -0.15) is 0 Å². The number of fused-ring (bicyclic) bond motifs is 1. The molecule has 1 aromatic carbocycles. The minimum absolute atomic E-state index is 0.436. The van der Waals surface area contributed by atoms with Crippen molar-refractivity contribution >= 4 is 38.7 Å². The van der Waals surface area contributed by atoms with Gasteiger partial charge in [0.1, 0.15) is 6.04 Å². The van der Waals surface area contributed by atoms with Crippen LogP contribution in [0.3, 0.4) is 0 Å². The number of nitrogens with one attached hydrogen (secondary N) is 2. The number of rotatable bonds is 3. The van der Waals surface area contributed by atoms with Crippen LogP contribution >= 0.6 is 11.3 Å². The minimum Gasteiger partial charge on any atom is -0.480 e. The number of para-hydroxylation sites is 1. The molecule has 0 saturated heterocycles. The fourth-order valence-electron chi connectivity index (χ4n) is 1.32. The Kier molecular flexibility index (Phi) is 3.42. The minimum atomic E-state index is -1.09. The molecular formula is C11H11N3O3S. The number of benzene rings is 1. The Balaban J connectivity index is 2.05. The maximum Gasteiger partial charge on any atom is 0.325 e. The number of hydrogen-bond acceptors (Lipinski definition) is 4. The molecule has 0 aliphatic carbocycles. The second-order valence-electron chi connectivity index (χ2n) is 3.65. The van der Waals surface area contributed by atoms with Crippen LogP contribution in [-0.2, 0) is 4.79 Å². The number of aromatic nitrogens is 1. The number of carbonyl (C=O) groups is 2. The molecule has 3 N–H and O–H groups in total. The van der Waals surface area contributed by atoms with Crippen molar-refractivity contribution in [3.8, 4) is 0 Å². The van der Waals surface area contributed by atoms with Crippen molar-refractivity contribution in [1.29, 1.82) is 0 Å². The molecule has 0 unspecified atom stereocenters. The number of anilines is 1. The Morgan fingerprint density at radius 1 is 1.39 bits per heavy atom. The highest BCUT2D eigenvalue weighted by Crippen LogP contribution is 2.25. The highest BCUT2D eigenvalue weighted by molar-refractivity contribution is 7.22. The van der Waals surface area contributed by atoms with Crippen LogP contribution in [0, 0.1) is 0 Å². The van der Waals surface area contributed by atoms with Crippen molar-refractivity contribution < 1.29 is 14.7 Å². The first kappa shape index (κ1) is 12.3. The van der Waals surface area contributed by atoms with Gasteiger partial charge in [-0.05, 0) is 19.1 Å². The lowest BCUT2D eigenvalue weighted by atomic mass is 10.3. The van der Waals surface area contributed by atoms with E-state index < -0.39 is 18.0 Å². The van der Waals surface area contributed by atoms with E-state index in [0.29, 0.717) is 5.13 Å². The summed E-state index contributed by atoms with van der Waals surface area (Å²) in [6.45, 7) is 1.39. The van der Waals surface area contributed by atoms with E-state index in [1.54, 1.807) is 0 Å². The molecule has 0 aliphatic rings. The first-order valence-corrected chi connectivity index (χ1v) is 6.04. The predicted octanol–water partition coefficient (Wildman–Crippen LogP) is 1.89. The van der Waals surface area contributed by atoms with E-state index in [1.165, 1.54) is 18.3 Å². The molecule has 0 radical (unpaired) electrons. The average molecular weight is 265 g/mol. The number of nitrogens with zero attached hydrogens (tertiary/aromatic N) is 1. The Bertz CT molecular complexity index is 563. The highest BCUT2D eigenvalue weighted by atomic mass is 32.1. The lowest BCUT2D eigenvalue weighted by Gasteiger charge is -2.08. The van der Waals surface area contributed by atoms with Gasteiger partial charge < -0.3 is 10.4 Å². The number of urea groups is 1. The third-order valence-corrected chi connectivity index (χ3v) is 3.18. The van der Waals surface area contributed by atoms with Crippen LogP contribution in [0.25, 0.3) is 10.2 Å². The normalized spacial score (nSPS) is 12.1. The van der Waals surface area contributed by atoms with Gasteiger partial charge in [0.15, 0.2) is 5.13 Å². The summed E-state index contributed by atoms with van der Waals surface area (Å²) in [5.74, 6) is -1.09. The zero-order valence-corrected chi connectivity index (χ0v) is 10.3. The number of carboxylic acids is 1. The zero-order valence-electron chi connectivity index (χ0n) is 9.51. The quantitative estimate of drug-likeness (QED) is 0.790. The van der Waals surface area contributed by atoms with Crippen LogP contribution in [-0.4, -0.2) is 28.1 Å². The highest BCUT2D eigenvalue weighted by Gasteiger charge is 2.14. The van der Waals surface area contributed by atoms with Gasteiger partial charge in [0.05, 0.1) is 10.2 Å². The Morgan fingerprint density at radius 3 is 2.78 bits per heavy atom. The van der Waals surface area contributed by atoms with Crippen molar-refractivity contribution in [1.82, 2.24) is 10.3 Å². The van der Waals surface area contributed by atoms with Gasteiger partial charge in [-0.1, -0.05) is 23.5 Å². The van der Waals surface area contributed by atoms with Gasteiger partial charge in [0.2, 0.25) is 0 Å². The average Bonchev–Trinajstić information content (AvgIpc) is 2.70. The molecule has 2 aromatic rings. The summed E-state index contributed by atoms with van der Waals surface area (Å²) >= 11 is 1.33. The third-order valence-electron chi connectivity index (χ3n) is 2.23. The lowest BCUT2D eigenvalue weighted by Crippen LogP contribution is -2.40. The maximum atomic E-state index is 11.5. The Labute approximate surface area is 107 Å². The van der Waals surface area contributed by atoms with Crippen molar-refractivity contribution in [2.24, 2.45) is 0 Å². The molecule has 0 bridgehead atoms. The van der Waals surface area contributed by atoms with Gasteiger partial charge in [0, 0.05) is 0 Å². The van der Waals surface area contributed by atoms with E-state index >= 15 is 0 Å². The predicted molar refractivity (Wildman–Crippen MR) is 68.9 cm³/mol. The first-order chi connectivity index (χ1) is 8.56. The molecule has 1 heterocycles. The van der Waals surface area contributed by atoms with Crippen LogP contribution in [0.2, 0.25) is 0 Å². The van der Waals surface area contributed by atoms with E-state index in [9.17, 15) is 9.59 Å². The molecule has 7 heteroatoms. The van der Waals surface area contributed by atoms with Crippen LogP contribution in [0.5, 0.6) is 0 Å². The second kappa shape index (κ2) is 5.01. The standard InChI is InChI=1S/C11H11N3O3S/c1-6(9(15)16)12-10(17)14-11-13-7-4-2-3-5-8(7)18-11/h2-6H,1H3,(H,15,16)(H2,12,13,14,17)/t6-/m0/s1. The zero-order chi connectivity index (χ0) is 13.1. The molecule has 0 fully saturated rings. The van der Waals surface area contributed by atoms with E-state index in [1.807, 2.05) is 24.3 Å². The fraction of sp³-hybridized carbons (Fsp3) is 0.182. The summed E-state index contributed by atoms with van der Waals surface area (Å²) in [4.78, 5) is 26.3. The summed E-state index contributed by atoms with van der Waals surface area (Å²) < 4.78 is 0.957. The summed E-state index contributed by atoms with van der Waals surface area (Å²) in [6, 6.07) is 5.96. The number of carbonyl (C=O) groups excluding carboxylic acids is 1. The van der Waals surface area contributed by atoms with Crippen molar-refractivity contribution in [3.05, 3.63) is 24.3 Å². The Morgan fingerprint density at radius 2 is 2.11 bits per heavy atom. The summed E-state index contributed by atoms with van der Waals surface area (Å²) in [5, 5.41) is 13.9. The second-order valence-corrected chi connectivity index (χ2v) is 4.68. The monoisotopic (exact) mass is 265 g/mol. The van der Waals surface area contributed by atoms with E-state index in [4.69, 9.17) is 5.11 Å². The van der Waals surface area contributed by atoms with Crippen molar-refractivity contribution in [2.45, 2.75) is 13.0 Å². The molecule has 1 aromatic heterocycles. The molecular weight excluding hydrogens is 254 g/mol. The molecule has 2 amide bonds. The van der Waals surface area contributed by atoms with Gasteiger partial charge in [0.25, 0.3) is 0 Å². The lowest BCUT2D eigenvalue weighted by molar-refractivity contribution is -0.138. The summed E-state index contributed by atoms with van der Waals surface area (Å²) in [7, 11) is 0. The van der Waals surface area contributed by atoms with Crippen molar-refractivity contribution in [3.63, 3.8) is 0 Å². The molecule has 18 heavy (non-hydrogen) atoms. The van der Waals surface area contributed by atoms with Gasteiger partial charge >= 0.3 is 12.0 Å². The van der Waals surface area contributed by atoms with Crippen LogP contribution in [0.4, 0.5) is 9.93 Å². The maximum absolute atomic E-state index is 11.5. The van der Waals surface area contributed by atoms with E-state index in [-0.39, 0.29) is 0 Å². The molecule has 6 nitrogen and oxygen atoms in total. The van der Waals surface area contributed by atoms with Crippen molar-refractivity contribution in [2.75, 3.05) is 5.32 Å². The molecule has 0 aliphatic heterocycles. The summed E-state index contributed by atoms with van der Waals surface area (Å²) in [5.41, 5.74) is 0.795. The first-order valence-electron chi connectivity index (χ1n) is 5.22. The molecule has 2 rings (SSSR count). The fourth-order valence-corrected chi connectivity index (χ4v) is 2.18. The topological polar surface area (TPSA) is 91.3 Å². The molecule has 0 spiro atoms. The molecule has 1 atom stereocenters. The van der Waals surface area contributed by atoms with Gasteiger partial charge in [-0.3, -0.25) is 10.1 Å². The van der Waals surface area contributed by atoms with E-state index in [0.717, 1.165) is 10.2 Å². The largest absolute Gasteiger partial charge is 0.480 e. The summed E-state index contributed by atoms with van der Waals surface area (Å²) in [6.07, 6.45) is 0. The number of thiazole rings is 1. The van der Waals surface area contributed by atoms with Gasteiger partial charge in [-0.15, -0.1) is 0 Å². The molecule has 0 saturated carbocycles. The van der Waals surface area contributed by atoms with Crippen LogP contribution < -0.4 is 10.6 Å². The van der Waals surface area contributed by atoms with Gasteiger partial charge in [-0.25, -0.2) is 9.78 Å². The number of carboxylic acid groups (broad SMARTS) is 1. The smallest absolute Gasteiger partial charge is 0.325 e. The Hall–Kier alpha value is -2.15. The SMILES string of the molecule is C[C@H](NC(=O)Nc1nc2ccccc2s1)C(=O)O. The van der Waals surface area contributed by atoms with Crippen LogP contribution in [0.1, 0.15) is 6.92 Å². The third kappa shape index (κ3) is 2.75.